The van der Waals surface area contributed by atoms with Crippen molar-refractivity contribution in [3.8, 4) is 0 Å². The Morgan fingerprint density at radius 1 is 1.14 bits per heavy atom. The maximum absolute atomic E-state index is 5.42. The minimum Gasteiger partial charge on any atom is -0.356 e. The van der Waals surface area contributed by atoms with Crippen LogP contribution in [0, 0.1) is 13.8 Å². The molecular weight excluding hydrogens is 278 g/mol. The number of pyridine rings is 1. The lowest BCUT2D eigenvalue weighted by Gasteiger charge is -2.21. The standard InChI is InChI=1S/C17H21N3S/c1-4-15(14-10-6-5-8-12(14)2)19-17(21)20-16-13(3)9-7-11-18-16/h5-11,15H,4H2,1-3H3,(H2,18,19,20,21)/t15-/m1/s1. The molecule has 0 aliphatic carbocycles. The molecule has 1 heterocycles. The van der Waals surface area contributed by atoms with Gasteiger partial charge in [0.15, 0.2) is 5.11 Å². The normalized spacial score (nSPS) is 11.8. The van der Waals surface area contributed by atoms with Crippen molar-refractivity contribution >= 4 is 23.1 Å². The Kier molecular flexibility index (Phi) is 5.28. The Balaban J connectivity index is 2.07. The fourth-order valence-electron chi connectivity index (χ4n) is 2.30. The summed E-state index contributed by atoms with van der Waals surface area (Å²) in [5.41, 5.74) is 3.63. The first kappa shape index (κ1) is 15.4. The number of hydrogen-bond acceptors (Lipinski definition) is 2. The highest BCUT2D eigenvalue weighted by molar-refractivity contribution is 7.80. The lowest BCUT2D eigenvalue weighted by molar-refractivity contribution is 0.625. The minimum absolute atomic E-state index is 0.204. The van der Waals surface area contributed by atoms with E-state index in [4.69, 9.17) is 12.2 Å². The van der Waals surface area contributed by atoms with E-state index in [0.717, 1.165) is 17.8 Å². The Labute approximate surface area is 131 Å². The summed E-state index contributed by atoms with van der Waals surface area (Å²) in [5.74, 6) is 0.801. The predicted octanol–water partition coefficient (Wildman–Crippen LogP) is 4.14. The largest absolute Gasteiger partial charge is 0.356 e. The van der Waals surface area contributed by atoms with Crippen molar-refractivity contribution in [3.63, 3.8) is 0 Å². The molecule has 0 unspecified atom stereocenters. The fraction of sp³-hybridized carbons (Fsp3) is 0.294. The van der Waals surface area contributed by atoms with Crippen LogP contribution in [-0.2, 0) is 0 Å². The molecule has 0 fully saturated rings. The quantitative estimate of drug-likeness (QED) is 0.832. The van der Waals surface area contributed by atoms with Gasteiger partial charge in [-0.15, -0.1) is 0 Å². The zero-order valence-electron chi connectivity index (χ0n) is 12.7. The van der Waals surface area contributed by atoms with Crippen molar-refractivity contribution in [2.75, 3.05) is 5.32 Å². The Morgan fingerprint density at radius 3 is 2.52 bits per heavy atom. The molecule has 0 aliphatic heterocycles. The minimum atomic E-state index is 0.204. The predicted molar refractivity (Wildman–Crippen MR) is 92.5 cm³/mol. The SMILES string of the molecule is CC[C@@H](NC(=S)Nc1ncccc1C)c1ccccc1C. The number of nitrogens with one attached hydrogen (secondary N) is 2. The van der Waals surface area contributed by atoms with Gasteiger partial charge in [-0.2, -0.15) is 0 Å². The van der Waals surface area contributed by atoms with E-state index in [0.29, 0.717) is 5.11 Å². The van der Waals surface area contributed by atoms with Crippen LogP contribution in [0.15, 0.2) is 42.6 Å². The van der Waals surface area contributed by atoms with Crippen molar-refractivity contribution in [1.82, 2.24) is 10.3 Å². The molecule has 0 aliphatic rings. The highest BCUT2D eigenvalue weighted by Gasteiger charge is 2.13. The van der Waals surface area contributed by atoms with Crippen molar-refractivity contribution in [2.24, 2.45) is 0 Å². The van der Waals surface area contributed by atoms with Crippen LogP contribution in [0.2, 0.25) is 0 Å². The van der Waals surface area contributed by atoms with Crippen LogP contribution >= 0.6 is 12.2 Å². The van der Waals surface area contributed by atoms with Gasteiger partial charge in [0.1, 0.15) is 5.82 Å². The van der Waals surface area contributed by atoms with Crippen LogP contribution in [-0.4, -0.2) is 10.1 Å². The van der Waals surface area contributed by atoms with Gasteiger partial charge in [0.2, 0.25) is 0 Å². The first-order valence-corrected chi connectivity index (χ1v) is 7.57. The highest BCUT2D eigenvalue weighted by atomic mass is 32.1. The van der Waals surface area contributed by atoms with Crippen LogP contribution in [0.1, 0.15) is 36.1 Å². The fourth-order valence-corrected chi connectivity index (χ4v) is 2.53. The average molecular weight is 299 g/mol. The molecular formula is C17H21N3S. The summed E-state index contributed by atoms with van der Waals surface area (Å²) in [6, 6.07) is 12.5. The van der Waals surface area contributed by atoms with Gasteiger partial charge in [-0.05, 0) is 55.2 Å². The molecule has 4 heteroatoms. The lowest BCUT2D eigenvalue weighted by atomic mass is 10.00. The van der Waals surface area contributed by atoms with Crippen LogP contribution in [0.4, 0.5) is 5.82 Å². The molecule has 1 aromatic carbocycles. The van der Waals surface area contributed by atoms with Gasteiger partial charge in [0.05, 0.1) is 6.04 Å². The molecule has 110 valence electrons. The van der Waals surface area contributed by atoms with Gasteiger partial charge in [-0.1, -0.05) is 37.3 Å². The lowest BCUT2D eigenvalue weighted by Crippen LogP contribution is -2.32. The summed E-state index contributed by atoms with van der Waals surface area (Å²) in [7, 11) is 0. The van der Waals surface area contributed by atoms with Crippen LogP contribution in [0.3, 0.4) is 0 Å². The van der Waals surface area contributed by atoms with Gasteiger partial charge in [-0.25, -0.2) is 4.98 Å². The van der Waals surface area contributed by atoms with E-state index in [1.54, 1.807) is 6.20 Å². The van der Waals surface area contributed by atoms with Gasteiger partial charge >= 0.3 is 0 Å². The average Bonchev–Trinajstić information content (AvgIpc) is 2.48. The summed E-state index contributed by atoms with van der Waals surface area (Å²) >= 11 is 5.42. The number of rotatable bonds is 4. The van der Waals surface area contributed by atoms with Gasteiger partial charge in [0.25, 0.3) is 0 Å². The summed E-state index contributed by atoms with van der Waals surface area (Å²) in [5, 5.41) is 7.16. The molecule has 0 spiro atoms. The van der Waals surface area contributed by atoms with Crippen molar-refractivity contribution in [2.45, 2.75) is 33.2 Å². The molecule has 0 saturated carbocycles. The Bertz CT molecular complexity index is 625. The second-order valence-corrected chi connectivity index (χ2v) is 5.49. The van der Waals surface area contributed by atoms with E-state index in [9.17, 15) is 0 Å². The zero-order valence-corrected chi connectivity index (χ0v) is 13.5. The van der Waals surface area contributed by atoms with E-state index in [1.165, 1.54) is 11.1 Å². The number of nitrogens with zero attached hydrogens (tertiary/aromatic N) is 1. The maximum Gasteiger partial charge on any atom is 0.172 e. The van der Waals surface area contributed by atoms with Gasteiger partial charge in [-0.3, -0.25) is 0 Å². The summed E-state index contributed by atoms with van der Waals surface area (Å²) in [4.78, 5) is 4.30. The molecule has 2 aromatic rings. The molecule has 2 N–H and O–H groups in total. The highest BCUT2D eigenvalue weighted by Crippen LogP contribution is 2.20. The Morgan fingerprint density at radius 2 is 1.86 bits per heavy atom. The summed E-state index contributed by atoms with van der Waals surface area (Å²) in [6.07, 6.45) is 2.73. The van der Waals surface area contributed by atoms with E-state index in [-0.39, 0.29) is 6.04 Å². The van der Waals surface area contributed by atoms with Crippen molar-refractivity contribution in [3.05, 3.63) is 59.3 Å². The summed E-state index contributed by atoms with van der Waals surface area (Å²) < 4.78 is 0. The van der Waals surface area contributed by atoms with E-state index < -0.39 is 0 Å². The van der Waals surface area contributed by atoms with E-state index >= 15 is 0 Å². The third kappa shape index (κ3) is 4.02. The summed E-state index contributed by atoms with van der Waals surface area (Å²) in [6.45, 7) is 6.29. The molecule has 1 atom stereocenters. The molecule has 0 amide bonds. The molecule has 2 rings (SSSR count). The monoisotopic (exact) mass is 299 g/mol. The third-order valence-corrected chi connectivity index (χ3v) is 3.74. The maximum atomic E-state index is 5.42. The first-order chi connectivity index (χ1) is 10.1. The molecule has 3 nitrogen and oxygen atoms in total. The number of anilines is 1. The second kappa shape index (κ2) is 7.18. The van der Waals surface area contributed by atoms with Gasteiger partial charge < -0.3 is 10.6 Å². The van der Waals surface area contributed by atoms with Crippen LogP contribution < -0.4 is 10.6 Å². The number of benzene rings is 1. The second-order valence-electron chi connectivity index (χ2n) is 5.08. The molecule has 0 saturated heterocycles. The topological polar surface area (TPSA) is 37.0 Å². The Hall–Kier alpha value is -1.94. The van der Waals surface area contributed by atoms with Crippen molar-refractivity contribution < 1.29 is 0 Å². The van der Waals surface area contributed by atoms with E-state index in [1.807, 2.05) is 19.1 Å². The van der Waals surface area contributed by atoms with Gasteiger partial charge in [0, 0.05) is 6.20 Å². The smallest absolute Gasteiger partial charge is 0.172 e. The number of aryl methyl sites for hydroxylation is 2. The number of thiocarbonyl (C=S) groups is 1. The van der Waals surface area contributed by atoms with Crippen molar-refractivity contribution in [1.29, 1.82) is 0 Å². The van der Waals surface area contributed by atoms with Crippen LogP contribution in [0.5, 0.6) is 0 Å². The van der Waals surface area contributed by atoms with E-state index in [2.05, 4.69) is 53.7 Å². The molecule has 0 bridgehead atoms. The molecule has 1 aromatic heterocycles. The molecule has 0 radical (unpaired) electrons. The molecule has 21 heavy (non-hydrogen) atoms. The van der Waals surface area contributed by atoms with Crippen LogP contribution in [0.25, 0.3) is 0 Å². The number of aromatic nitrogens is 1. The first-order valence-electron chi connectivity index (χ1n) is 7.16. The number of hydrogen-bond donors (Lipinski definition) is 2. The third-order valence-electron chi connectivity index (χ3n) is 3.52. The zero-order chi connectivity index (χ0) is 15.2.